The quantitative estimate of drug-likeness (QED) is 0.614. The van der Waals surface area contributed by atoms with E-state index >= 15 is 0 Å². The molecule has 2 heterocycles. The number of aryl methyl sites for hydroxylation is 2. The highest BCUT2D eigenvalue weighted by molar-refractivity contribution is 7.86. The van der Waals surface area contributed by atoms with E-state index in [0.29, 0.717) is 12.2 Å². The predicted octanol–water partition coefficient (Wildman–Crippen LogP) is 1.33. The molecule has 3 rings (SSSR count). The number of hydrogen-bond donors (Lipinski definition) is 0. The molecule has 0 saturated carbocycles. The van der Waals surface area contributed by atoms with Crippen LogP contribution in [0.2, 0.25) is 0 Å². The van der Waals surface area contributed by atoms with Crippen molar-refractivity contribution in [2.75, 3.05) is 6.61 Å². The van der Waals surface area contributed by atoms with Crippen molar-refractivity contribution in [3.63, 3.8) is 0 Å². The van der Waals surface area contributed by atoms with Crippen LogP contribution in [0.4, 0.5) is 0 Å². The molecule has 0 aliphatic carbocycles. The topological polar surface area (TPSA) is 96.1 Å². The molecule has 1 aromatic carbocycles. The summed E-state index contributed by atoms with van der Waals surface area (Å²) >= 11 is 0. The lowest BCUT2D eigenvalue weighted by Crippen LogP contribution is -2.24. The predicted molar refractivity (Wildman–Crippen MR) is 91.8 cm³/mol. The molecule has 25 heavy (non-hydrogen) atoms. The number of imidazole rings is 1. The fourth-order valence-corrected chi connectivity index (χ4v) is 3.28. The molecule has 0 amide bonds. The molecule has 0 aliphatic heterocycles. The second kappa shape index (κ2) is 6.77. The average Bonchev–Trinajstić information content (AvgIpc) is 3.01. The molecule has 132 valence electrons. The van der Waals surface area contributed by atoms with Gasteiger partial charge in [0.15, 0.2) is 11.2 Å². The van der Waals surface area contributed by atoms with Gasteiger partial charge >= 0.3 is 0 Å². The summed E-state index contributed by atoms with van der Waals surface area (Å²) in [6.07, 6.45) is 2.93. The monoisotopic (exact) mass is 362 g/mol. The molecule has 0 N–H and O–H groups in total. The van der Waals surface area contributed by atoms with E-state index in [1.165, 1.54) is 23.0 Å². The van der Waals surface area contributed by atoms with E-state index in [4.69, 9.17) is 4.18 Å². The Morgan fingerprint density at radius 3 is 2.44 bits per heavy atom. The summed E-state index contributed by atoms with van der Waals surface area (Å²) in [5.41, 5.74) is 1.40. The summed E-state index contributed by atoms with van der Waals surface area (Å²) in [6.45, 7) is 4.35. The van der Waals surface area contributed by atoms with E-state index in [1.54, 1.807) is 23.0 Å². The van der Waals surface area contributed by atoms with Gasteiger partial charge in [0, 0.05) is 6.54 Å². The summed E-state index contributed by atoms with van der Waals surface area (Å²) in [5, 5.41) is 0. The summed E-state index contributed by atoms with van der Waals surface area (Å²) in [6, 6.07) is 6.37. The zero-order chi connectivity index (χ0) is 18.0. The number of hydrogen-bond acceptors (Lipinski definition) is 6. The van der Waals surface area contributed by atoms with Crippen LogP contribution >= 0.6 is 0 Å². The molecule has 0 aliphatic rings. The first kappa shape index (κ1) is 17.3. The fraction of sp³-hybridized carbons (Fsp3) is 0.312. The maximum Gasteiger partial charge on any atom is 0.297 e. The number of benzene rings is 1. The minimum absolute atomic E-state index is 0.0614. The zero-order valence-corrected chi connectivity index (χ0v) is 14.7. The second-order valence-electron chi connectivity index (χ2n) is 5.54. The van der Waals surface area contributed by atoms with Crippen molar-refractivity contribution in [3.8, 4) is 0 Å². The van der Waals surface area contributed by atoms with E-state index in [1.807, 2.05) is 13.8 Å². The van der Waals surface area contributed by atoms with Crippen LogP contribution in [0, 0.1) is 6.92 Å². The lowest BCUT2D eigenvalue weighted by molar-refractivity contribution is 0.298. The molecular formula is C16H18N4O4S. The molecule has 0 unspecified atom stereocenters. The van der Waals surface area contributed by atoms with E-state index in [-0.39, 0.29) is 29.1 Å². The Balaban J connectivity index is 1.74. The zero-order valence-electron chi connectivity index (χ0n) is 13.9. The van der Waals surface area contributed by atoms with Crippen molar-refractivity contribution in [2.45, 2.75) is 31.8 Å². The van der Waals surface area contributed by atoms with E-state index in [0.717, 1.165) is 5.56 Å². The van der Waals surface area contributed by atoms with Gasteiger partial charge in [-0.3, -0.25) is 13.5 Å². The Kier molecular flexibility index (Phi) is 4.69. The molecule has 0 fully saturated rings. The van der Waals surface area contributed by atoms with Gasteiger partial charge in [0.25, 0.3) is 15.7 Å². The van der Waals surface area contributed by atoms with Crippen LogP contribution in [0.15, 0.2) is 46.6 Å². The van der Waals surface area contributed by atoms with Crippen molar-refractivity contribution in [1.82, 2.24) is 19.1 Å². The van der Waals surface area contributed by atoms with Crippen molar-refractivity contribution in [1.29, 1.82) is 0 Å². The third kappa shape index (κ3) is 3.47. The standard InChI is InChI=1S/C16H18N4O4S/c1-3-19-10-17-14-15(19)18-11-20(16(14)21)8-9-24-25(22,23)13-6-4-12(2)5-7-13/h4-7,10-11H,3,8-9H2,1-2H3. The Labute approximate surface area is 144 Å². The Bertz CT molecular complexity index is 1050. The van der Waals surface area contributed by atoms with Crippen LogP contribution in [0.3, 0.4) is 0 Å². The van der Waals surface area contributed by atoms with Gasteiger partial charge in [-0.1, -0.05) is 17.7 Å². The van der Waals surface area contributed by atoms with Crippen molar-refractivity contribution in [2.24, 2.45) is 0 Å². The first-order valence-corrected chi connectivity index (χ1v) is 9.19. The van der Waals surface area contributed by atoms with E-state index in [9.17, 15) is 13.2 Å². The molecule has 3 aromatic rings. The van der Waals surface area contributed by atoms with Crippen molar-refractivity contribution >= 4 is 21.3 Å². The summed E-state index contributed by atoms with van der Waals surface area (Å²) in [7, 11) is -3.86. The number of rotatable bonds is 6. The molecule has 0 radical (unpaired) electrons. The van der Waals surface area contributed by atoms with Crippen molar-refractivity contribution in [3.05, 3.63) is 52.8 Å². The van der Waals surface area contributed by atoms with Crippen LogP contribution < -0.4 is 5.56 Å². The third-order valence-electron chi connectivity index (χ3n) is 3.81. The van der Waals surface area contributed by atoms with Crippen LogP contribution in [0.1, 0.15) is 12.5 Å². The van der Waals surface area contributed by atoms with Gasteiger partial charge in [0.2, 0.25) is 0 Å². The highest BCUT2D eigenvalue weighted by atomic mass is 32.2. The maximum absolute atomic E-state index is 12.4. The van der Waals surface area contributed by atoms with Gasteiger partial charge in [0.1, 0.15) is 6.33 Å². The van der Waals surface area contributed by atoms with E-state index in [2.05, 4.69) is 9.97 Å². The second-order valence-corrected chi connectivity index (χ2v) is 7.15. The smallest absolute Gasteiger partial charge is 0.297 e. The summed E-state index contributed by atoms with van der Waals surface area (Å²) in [4.78, 5) is 20.7. The minimum atomic E-state index is -3.86. The van der Waals surface area contributed by atoms with Gasteiger partial charge in [0.05, 0.1) is 24.4 Å². The fourth-order valence-electron chi connectivity index (χ4n) is 2.38. The molecule has 0 atom stereocenters. The lowest BCUT2D eigenvalue weighted by atomic mass is 10.2. The maximum atomic E-state index is 12.4. The average molecular weight is 362 g/mol. The first-order valence-electron chi connectivity index (χ1n) is 7.79. The largest absolute Gasteiger partial charge is 0.315 e. The highest BCUT2D eigenvalue weighted by Crippen LogP contribution is 2.13. The third-order valence-corrected chi connectivity index (χ3v) is 5.14. The summed E-state index contributed by atoms with van der Waals surface area (Å²) < 4.78 is 32.3. The Morgan fingerprint density at radius 1 is 1.08 bits per heavy atom. The molecule has 0 bridgehead atoms. The van der Waals surface area contributed by atoms with Crippen LogP contribution in [0.25, 0.3) is 11.2 Å². The first-order chi connectivity index (χ1) is 11.9. The van der Waals surface area contributed by atoms with Crippen molar-refractivity contribution < 1.29 is 12.6 Å². The van der Waals surface area contributed by atoms with Gasteiger partial charge in [-0.2, -0.15) is 8.42 Å². The molecule has 0 spiro atoms. The number of aromatic nitrogens is 4. The normalized spacial score (nSPS) is 11.9. The minimum Gasteiger partial charge on any atom is -0.315 e. The highest BCUT2D eigenvalue weighted by Gasteiger charge is 2.15. The van der Waals surface area contributed by atoms with Gasteiger partial charge in [-0.15, -0.1) is 0 Å². The van der Waals surface area contributed by atoms with Crippen LogP contribution in [-0.4, -0.2) is 34.1 Å². The number of fused-ring (bicyclic) bond motifs is 1. The van der Waals surface area contributed by atoms with Gasteiger partial charge in [-0.05, 0) is 26.0 Å². The number of nitrogens with zero attached hydrogens (tertiary/aromatic N) is 4. The molecular weight excluding hydrogens is 344 g/mol. The van der Waals surface area contributed by atoms with Crippen LogP contribution in [-0.2, 0) is 27.4 Å². The van der Waals surface area contributed by atoms with Gasteiger partial charge < -0.3 is 4.57 Å². The summed E-state index contributed by atoms with van der Waals surface area (Å²) in [5.74, 6) is 0. The SMILES string of the molecule is CCn1cnc2c(=O)n(CCOS(=O)(=O)c3ccc(C)cc3)cnc21. The lowest BCUT2D eigenvalue weighted by Gasteiger charge is -2.08. The van der Waals surface area contributed by atoms with Crippen LogP contribution in [0.5, 0.6) is 0 Å². The van der Waals surface area contributed by atoms with E-state index < -0.39 is 10.1 Å². The molecule has 8 nitrogen and oxygen atoms in total. The molecule has 0 saturated heterocycles. The Hall–Kier alpha value is -2.52. The molecule has 9 heteroatoms. The van der Waals surface area contributed by atoms with Gasteiger partial charge in [-0.25, -0.2) is 9.97 Å². The molecule has 2 aromatic heterocycles. The Morgan fingerprint density at radius 2 is 1.76 bits per heavy atom.